The van der Waals surface area contributed by atoms with Crippen LogP contribution in [0.5, 0.6) is 0 Å². The number of halogens is 2. The van der Waals surface area contributed by atoms with Gasteiger partial charge < -0.3 is 5.32 Å². The standard InChI is InChI=1S/C16H18F2N2O2S/c1-11(20-10-13-6-7-14(17)9-16(13)18)12-4-3-5-15(8-12)23(21,22)19-2/h3-9,11,19-20H,10H2,1-2H3. The summed E-state index contributed by atoms with van der Waals surface area (Å²) in [5.74, 6) is -1.24. The van der Waals surface area contributed by atoms with Crippen LogP contribution < -0.4 is 10.0 Å². The van der Waals surface area contributed by atoms with Crippen LogP contribution in [-0.2, 0) is 16.6 Å². The first-order valence-electron chi connectivity index (χ1n) is 7.04. The summed E-state index contributed by atoms with van der Waals surface area (Å²) in [6.07, 6.45) is 0. The summed E-state index contributed by atoms with van der Waals surface area (Å²) in [5, 5.41) is 3.09. The molecule has 0 radical (unpaired) electrons. The Morgan fingerprint density at radius 2 is 1.87 bits per heavy atom. The van der Waals surface area contributed by atoms with Crippen LogP contribution in [0.15, 0.2) is 47.4 Å². The lowest BCUT2D eigenvalue weighted by Crippen LogP contribution is -2.21. The van der Waals surface area contributed by atoms with Crippen LogP contribution in [0.25, 0.3) is 0 Å². The zero-order valence-corrected chi connectivity index (χ0v) is 13.6. The first kappa shape index (κ1) is 17.5. The quantitative estimate of drug-likeness (QED) is 0.850. The lowest BCUT2D eigenvalue weighted by molar-refractivity contribution is 0.533. The highest BCUT2D eigenvalue weighted by Crippen LogP contribution is 2.18. The second-order valence-electron chi connectivity index (χ2n) is 5.12. The molecule has 0 spiro atoms. The van der Waals surface area contributed by atoms with E-state index in [1.165, 1.54) is 25.2 Å². The molecule has 124 valence electrons. The van der Waals surface area contributed by atoms with E-state index in [1.54, 1.807) is 18.2 Å². The Morgan fingerprint density at radius 1 is 1.13 bits per heavy atom. The Hall–Kier alpha value is -1.83. The maximum absolute atomic E-state index is 13.6. The number of benzene rings is 2. The average Bonchev–Trinajstić information content (AvgIpc) is 2.54. The van der Waals surface area contributed by atoms with Gasteiger partial charge in [-0.15, -0.1) is 0 Å². The number of hydrogen-bond donors (Lipinski definition) is 2. The number of rotatable bonds is 6. The topological polar surface area (TPSA) is 58.2 Å². The molecule has 0 saturated carbocycles. The van der Waals surface area contributed by atoms with Gasteiger partial charge in [-0.2, -0.15) is 0 Å². The fourth-order valence-electron chi connectivity index (χ4n) is 2.11. The van der Waals surface area contributed by atoms with Crippen LogP contribution in [0.3, 0.4) is 0 Å². The maximum Gasteiger partial charge on any atom is 0.240 e. The summed E-state index contributed by atoms with van der Waals surface area (Å²) in [7, 11) is -2.16. The molecule has 7 heteroatoms. The van der Waals surface area contributed by atoms with Gasteiger partial charge >= 0.3 is 0 Å². The van der Waals surface area contributed by atoms with E-state index < -0.39 is 21.7 Å². The van der Waals surface area contributed by atoms with Crippen molar-refractivity contribution in [1.29, 1.82) is 0 Å². The monoisotopic (exact) mass is 340 g/mol. The van der Waals surface area contributed by atoms with E-state index in [9.17, 15) is 17.2 Å². The summed E-state index contributed by atoms with van der Waals surface area (Å²) < 4.78 is 52.4. The molecule has 1 atom stereocenters. The molecule has 2 aromatic carbocycles. The molecule has 0 fully saturated rings. The molecule has 1 unspecified atom stereocenters. The van der Waals surface area contributed by atoms with Crippen LogP contribution in [0.2, 0.25) is 0 Å². The Morgan fingerprint density at radius 3 is 2.52 bits per heavy atom. The van der Waals surface area contributed by atoms with Gasteiger partial charge in [-0.3, -0.25) is 0 Å². The Bertz CT molecular complexity index is 794. The van der Waals surface area contributed by atoms with Crippen LogP contribution in [0.4, 0.5) is 8.78 Å². The molecule has 4 nitrogen and oxygen atoms in total. The Balaban J connectivity index is 2.12. The van der Waals surface area contributed by atoms with Gasteiger partial charge in [0.15, 0.2) is 0 Å². The molecular formula is C16H18F2N2O2S. The van der Waals surface area contributed by atoms with E-state index in [-0.39, 0.29) is 17.5 Å². The van der Waals surface area contributed by atoms with E-state index in [2.05, 4.69) is 10.0 Å². The lowest BCUT2D eigenvalue weighted by atomic mass is 10.1. The van der Waals surface area contributed by atoms with Crippen LogP contribution in [-0.4, -0.2) is 15.5 Å². The van der Waals surface area contributed by atoms with Gasteiger partial charge in [-0.25, -0.2) is 21.9 Å². The third-order valence-corrected chi connectivity index (χ3v) is 4.96. The van der Waals surface area contributed by atoms with Crippen LogP contribution in [0, 0.1) is 11.6 Å². The fraction of sp³-hybridized carbons (Fsp3) is 0.250. The average molecular weight is 340 g/mol. The second-order valence-corrected chi connectivity index (χ2v) is 7.00. The third kappa shape index (κ3) is 4.34. The normalized spacial score (nSPS) is 13.0. The molecular weight excluding hydrogens is 322 g/mol. The second kappa shape index (κ2) is 7.16. The Labute approximate surface area is 134 Å². The summed E-state index contributed by atoms with van der Waals surface area (Å²) >= 11 is 0. The van der Waals surface area contributed by atoms with Crippen molar-refractivity contribution < 1.29 is 17.2 Å². The van der Waals surface area contributed by atoms with Crippen molar-refractivity contribution in [1.82, 2.24) is 10.0 Å². The minimum absolute atomic E-state index is 0.166. The molecule has 0 aromatic heterocycles. The van der Waals surface area contributed by atoms with E-state index in [4.69, 9.17) is 0 Å². The summed E-state index contributed by atoms with van der Waals surface area (Å²) in [4.78, 5) is 0.166. The number of sulfonamides is 1. The van der Waals surface area contributed by atoms with Crippen LogP contribution in [0.1, 0.15) is 24.1 Å². The first-order valence-corrected chi connectivity index (χ1v) is 8.52. The molecule has 0 aliphatic carbocycles. The van der Waals surface area contributed by atoms with Gasteiger partial charge in [0.2, 0.25) is 10.0 Å². The first-order chi connectivity index (χ1) is 10.8. The minimum Gasteiger partial charge on any atom is -0.306 e. The molecule has 0 heterocycles. The largest absolute Gasteiger partial charge is 0.306 e. The van der Waals surface area contributed by atoms with Gasteiger partial charge in [-0.05, 0) is 37.7 Å². The zero-order valence-electron chi connectivity index (χ0n) is 12.8. The summed E-state index contributed by atoms with van der Waals surface area (Å²) in [6, 6.07) is 9.71. The van der Waals surface area contributed by atoms with Gasteiger partial charge in [0.25, 0.3) is 0 Å². The highest BCUT2D eigenvalue weighted by atomic mass is 32.2. The van der Waals surface area contributed by atoms with Gasteiger partial charge in [-0.1, -0.05) is 18.2 Å². The molecule has 0 aliphatic heterocycles. The van der Waals surface area contributed by atoms with Gasteiger partial charge in [0, 0.05) is 24.2 Å². The Kier molecular flexibility index (Phi) is 5.46. The van der Waals surface area contributed by atoms with E-state index >= 15 is 0 Å². The van der Waals surface area contributed by atoms with Crippen molar-refractivity contribution in [3.8, 4) is 0 Å². The minimum atomic E-state index is -3.51. The third-order valence-electron chi connectivity index (χ3n) is 3.55. The SMILES string of the molecule is CNS(=O)(=O)c1cccc(C(C)NCc2ccc(F)cc2F)c1. The summed E-state index contributed by atoms with van der Waals surface area (Å²) in [5.41, 5.74) is 1.10. The number of nitrogens with one attached hydrogen (secondary N) is 2. The van der Waals surface area contributed by atoms with E-state index in [1.807, 2.05) is 6.92 Å². The maximum atomic E-state index is 13.6. The van der Waals surface area contributed by atoms with Crippen molar-refractivity contribution >= 4 is 10.0 Å². The molecule has 23 heavy (non-hydrogen) atoms. The molecule has 0 aliphatic rings. The van der Waals surface area contributed by atoms with Crippen molar-refractivity contribution in [2.45, 2.75) is 24.4 Å². The molecule has 0 saturated heterocycles. The molecule has 2 rings (SSSR count). The highest BCUT2D eigenvalue weighted by molar-refractivity contribution is 7.89. The van der Waals surface area contributed by atoms with E-state index in [0.29, 0.717) is 5.56 Å². The predicted octanol–water partition coefficient (Wildman–Crippen LogP) is 2.72. The zero-order chi connectivity index (χ0) is 17.0. The fourth-order valence-corrected chi connectivity index (χ4v) is 2.90. The van der Waals surface area contributed by atoms with Crippen molar-refractivity contribution in [2.75, 3.05) is 7.05 Å². The van der Waals surface area contributed by atoms with Crippen molar-refractivity contribution in [3.63, 3.8) is 0 Å². The molecule has 0 amide bonds. The smallest absolute Gasteiger partial charge is 0.240 e. The lowest BCUT2D eigenvalue weighted by Gasteiger charge is -2.16. The van der Waals surface area contributed by atoms with Gasteiger partial charge in [0.1, 0.15) is 11.6 Å². The summed E-state index contributed by atoms with van der Waals surface area (Å²) in [6.45, 7) is 2.04. The molecule has 2 N–H and O–H groups in total. The number of hydrogen-bond acceptors (Lipinski definition) is 3. The van der Waals surface area contributed by atoms with Crippen molar-refractivity contribution in [2.24, 2.45) is 0 Å². The van der Waals surface area contributed by atoms with Crippen molar-refractivity contribution in [3.05, 3.63) is 65.2 Å². The molecule has 2 aromatic rings. The predicted molar refractivity (Wildman–Crippen MR) is 84.3 cm³/mol. The molecule has 0 bridgehead atoms. The van der Waals surface area contributed by atoms with Crippen LogP contribution >= 0.6 is 0 Å². The van der Waals surface area contributed by atoms with Gasteiger partial charge in [0.05, 0.1) is 4.90 Å². The highest BCUT2D eigenvalue weighted by Gasteiger charge is 2.14. The van der Waals surface area contributed by atoms with E-state index in [0.717, 1.165) is 11.6 Å².